The molecule has 0 aliphatic rings. The monoisotopic (exact) mass is 169 g/mol. The van der Waals surface area contributed by atoms with Crippen LogP contribution in [-0.2, 0) is 0 Å². The van der Waals surface area contributed by atoms with Gasteiger partial charge in [-0.05, 0) is 5.92 Å². The largest absolute Gasteiger partial charge is 0.259 e. The quantitative estimate of drug-likeness (QED) is 0.572. The van der Waals surface area contributed by atoms with Gasteiger partial charge in [0.15, 0.2) is 0 Å². The molecule has 0 amide bonds. The summed E-state index contributed by atoms with van der Waals surface area (Å²) in [6.45, 7) is 12.6. The van der Waals surface area contributed by atoms with Crippen LogP contribution in [0.25, 0.3) is 0 Å². The second-order valence-corrected chi connectivity index (χ2v) is 3.13. The predicted molar refractivity (Wildman–Crippen MR) is 51.9 cm³/mol. The molecule has 1 unspecified atom stereocenters. The first kappa shape index (κ1) is 11.1. The van der Waals surface area contributed by atoms with Gasteiger partial charge in [0, 0.05) is 12.1 Å². The summed E-state index contributed by atoms with van der Waals surface area (Å²) in [6.07, 6.45) is 1.35. The van der Waals surface area contributed by atoms with E-state index in [0.29, 0.717) is 11.6 Å². The Bertz CT molecular complexity index is 204. The Labute approximate surface area is 73.7 Å². The Morgan fingerprint density at radius 3 is 2.17 bits per heavy atom. The molecule has 0 bridgehead atoms. The number of hydrogen-bond acceptors (Lipinski definition) is 1. The summed E-state index contributed by atoms with van der Waals surface area (Å²) in [5, 5.41) is 0. The lowest BCUT2D eigenvalue weighted by atomic mass is 9.92. The van der Waals surface area contributed by atoms with Crippen molar-refractivity contribution in [2.45, 2.75) is 20.8 Å². The molecule has 0 saturated carbocycles. The van der Waals surface area contributed by atoms with E-state index in [4.69, 9.17) is 0 Å². The van der Waals surface area contributed by atoms with Gasteiger partial charge in [0.05, 0.1) is 5.71 Å². The van der Waals surface area contributed by atoms with Gasteiger partial charge in [-0.15, -0.1) is 0 Å². The van der Waals surface area contributed by atoms with Gasteiger partial charge < -0.3 is 0 Å². The van der Waals surface area contributed by atoms with Crippen molar-refractivity contribution >= 4 is 5.71 Å². The molecule has 68 valence electrons. The maximum Gasteiger partial charge on any atom is 0.137 e. The molecule has 0 spiro atoms. The van der Waals surface area contributed by atoms with Crippen LogP contribution in [0.5, 0.6) is 0 Å². The Kier molecular flexibility index (Phi) is 4.49. The third kappa shape index (κ3) is 2.99. The molecule has 0 N–H and O–H groups in total. The van der Waals surface area contributed by atoms with Crippen LogP contribution in [-0.4, -0.2) is 5.71 Å². The van der Waals surface area contributed by atoms with Crippen molar-refractivity contribution in [3.63, 3.8) is 0 Å². The molecule has 0 aliphatic carbocycles. The average molecular weight is 169 g/mol. The Hall–Kier alpha value is -0.920. The summed E-state index contributed by atoms with van der Waals surface area (Å²) in [7, 11) is 0. The molecule has 0 aromatic heterocycles. The summed E-state index contributed by atoms with van der Waals surface area (Å²) in [4.78, 5) is 3.85. The van der Waals surface area contributed by atoms with E-state index in [0.717, 1.165) is 0 Å². The van der Waals surface area contributed by atoms with E-state index in [2.05, 4.69) is 18.2 Å². The first-order valence-electron chi connectivity index (χ1n) is 4.04. The number of hydrogen-bond donors (Lipinski definition) is 0. The van der Waals surface area contributed by atoms with E-state index in [9.17, 15) is 4.39 Å². The van der Waals surface area contributed by atoms with E-state index >= 15 is 0 Å². The number of allylic oxidation sites excluding steroid dienone is 1. The van der Waals surface area contributed by atoms with Crippen molar-refractivity contribution < 1.29 is 4.39 Å². The number of nitrogens with zero attached hydrogens (tertiary/aromatic N) is 1. The lowest BCUT2D eigenvalue weighted by Gasteiger charge is -2.15. The second-order valence-electron chi connectivity index (χ2n) is 3.13. The first-order valence-corrected chi connectivity index (χ1v) is 4.04. The molecule has 0 rings (SSSR count). The van der Waals surface area contributed by atoms with Crippen molar-refractivity contribution in [1.82, 2.24) is 0 Å². The van der Waals surface area contributed by atoms with Crippen molar-refractivity contribution in [3.8, 4) is 0 Å². The molecular weight excluding hydrogens is 153 g/mol. The van der Waals surface area contributed by atoms with Gasteiger partial charge in [-0.3, -0.25) is 4.99 Å². The molecule has 0 saturated heterocycles. The smallest absolute Gasteiger partial charge is 0.137 e. The molecule has 12 heavy (non-hydrogen) atoms. The summed E-state index contributed by atoms with van der Waals surface area (Å²) in [5.74, 6) is -0.0206. The fraction of sp³-hybridized carbons (Fsp3) is 0.500. The highest BCUT2D eigenvalue weighted by molar-refractivity contribution is 5.99. The molecular formula is C10H16FN. The number of rotatable bonds is 4. The predicted octanol–water partition coefficient (Wildman–Crippen LogP) is 3.35. The normalized spacial score (nSPS) is 14.6. The topological polar surface area (TPSA) is 12.4 Å². The summed E-state index contributed by atoms with van der Waals surface area (Å²) in [6, 6.07) is 0. The van der Waals surface area contributed by atoms with Gasteiger partial charge in [0.25, 0.3) is 0 Å². The summed E-state index contributed by atoms with van der Waals surface area (Å²) >= 11 is 0. The number of aliphatic imine (C=N–C) groups is 1. The van der Waals surface area contributed by atoms with Crippen LogP contribution < -0.4 is 0 Å². The molecule has 0 aliphatic heterocycles. The SMILES string of the molecule is C=CN=C(C(=C)F)C(C)C(C)C. The zero-order valence-corrected chi connectivity index (χ0v) is 7.97. The zero-order chi connectivity index (χ0) is 9.72. The first-order chi connectivity index (χ1) is 5.50. The lowest BCUT2D eigenvalue weighted by Crippen LogP contribution is -2.16. The van der Waals surface area contributed by atoms with Crippen LogP contribution in [0.1, 0.15) is 20.8 Å². The molecule has 0 radical (unpaired) electrons. The maximum absolute atomic E-state index is 12.8. The highest BCUT2D eigenvalue weighted by Crippen LogP contribution is 2.17. The van der Waals surface area contributed by atoms with Gasteiger partial charge in [0.1, 0.15) is 5.83 Å². The van der Waals surface area contributed by atoms with Gasteiger partial charge >= 0.3 is 0 Å². The standard InChI is InChI=1S/C10H16FN/c1-6-12-10(9(5)11)8(4)7(2)3/h6-8H,1,5H2,2-4H3. The fourth-order valence-corrected chi connectivity index (χ4v) is 0.849. The molecule has 1 nitrogen and oxygen atoms in total. The maximum atomic E-state index is 12.8. The van der Waals surface area contributed by atoms with Gasteiger partial charge in [-0.1, -0.05) is 33.9 Å². The van der Waals surface area contributed by atoms with E-state index < -0.39 is 5.83 Å². The van der Waals surface area contributed by atoms with E-state index in [-0.39, 0.29) is 5.92 Å². The van der Waals surface area contributed by atoms with Gasteiger partial charge in [-0.25, -0.2) is 4.39 Å². The molecule has 0 heterocycles. The van der Waals surface area contributed by atoms with Crippen molar-refractivity contribution in [2.24, 2.45) is 16.8 Å². The van der Waals surface area contributed by atoms with Crippen LogP contribution >= 0.6 is 0 Å². The van der Waals surface area contributed by atoms with Gasteiger partial charge in [0.2, 0.25) is 0 Å². The Morgan fingerprint density at radius 1 is 1.42 bits per heavy atom. The van der Waals surface area contributed by atoms with E-state index in [1.165, 1.54) is 6.20 Å². The third-order valence-corrected chi connectivity index (χ3v) is 1.94. The van der Waals surface area contributed by atoms with Crippen LogP contribution in [0.3, 0.4) is 0 Å². The van der Waals surface area contributed by atoms with E-state index in [1.54, 1.807) is 0 Å². The zero-order valence-electron chi connectivity index (χ0n) is 7.97. The number of halogens is 1. The fourth-order valence-electron chi connectivity index (χ4n) is 0.849. The highest BCUT2D eigenvalue weighted by atomic mass is 19.1. The lowest BCUT2D eigenvalue weighted by molar-refractivity contribution is 0.520. The second kappa shape index (κ2) is 4.86. The average Bonchev–Trinajstić information content (AvgIpc) is 1.98. The van der Waals surface area contributed by atoms with E-state index in [1.807, 2.05) is 20.8 Å². The summed E-state index contributed by atoms with van der Waals surface area (Å²) < 4.78 is 12.8. The summed E-state index contributed by atoms with van der Waals surface area (Å²) in [5.41, 5.74) is 0.403. The van der Waals surface area contributed by atoms with Crippen molar-refractivity contribution in [1.29, 1.82) is 0 Å². The van der Waals surface area contributed by atoms with Gasteiger partial charge in [-0.2, -0.15) is 0 Å². The van der Waals surface area contributed by atoms with Crippen LogP contribution in [0.4, 0.5) is 4.39 Å². The van der Waals surface area contributed by atoms with Crippen molar-refractivity contribution in [2.75, 3.05) is 0 Å². The van der Waals surface area contributed by atoms with Crippen molar-refractivity contribution in [3.05, 3.63) is 25.2 Å². The molecule has 2 heteroatoms. The van der Waals surface area contributed by atoms with Crippen LogP contribution in [0, 0.1) is 11.8 Å². The minimum Gasteiger partial charge on any atom is -0.259 e. The van der Waals surface area contributed by atoms with Crippen LogP contribution in [0.2, 0.25) is 0 Å². The molecule has 1 atom stereocenters. The molecule has 0 aromatic rings. The highest BCUT2D eigenvalue weighted by Gasteiger charge is 2.16. The minimum atomic E-state index is -0.462. The molecule has 0 fully saturated rings. The Balaban J connectivity index is 4.63. The third-order valence-electron chi connectivity index (χ3n) is 1.94. The minimum absolute atomic E-state index is 0.0838. The van der Waals surface area contributed by atoms with Crippen LogP contribution in [0.15, 0.2) is 30.2 Å². The molecule has 0 aromatic carbocycles. The Morgan fingerprint density at radius 2 is 1.92 bits per heavy atom.